The van der Waals surface area contributed by atoms with Gasteiger partial charge in [-0.25, -0.2) is 4.79 Å². The molecule has 6 rings (SSSR count). The van der Waals surface area contributed by atoms with E-state index >= 15 is 0 Å². The van der Waals surface area contributed by atoms with Crippen molar-refractivity contribution >= 4 is 11.8 Å². The predicted molar refractivity (Wildman–Crippen MR) is 164 cm³/mol. The normalized spacial score (nSPS) is 48.3. The Morgan fingerprint density at radius 2 is 1.74 bits per heavy atom. The number of carbonyl (C=O) groups excluding carboxylic acids is 2. The van der Waals surface area contributed by atoms with Crippen LogP contribution in [0.25, 0.3) is 0 Å². The second-order valence-corrected chi connectivity index (χ2v) is 15.6. The average Bonchev–Trinajstić information content (AvgIpc) is 3.37. The first-order valence-corrected chi connectivity index (χ1v) is 17.1. The molecule has 258 valence electrons. The van der Waals surface area contributed by atoms with Crippen molar-refractivity contribution in [3.05, 3.63) is 22.8 Å². The minimum absolute atomic E-state index is 0.00859. The number of Topliss-reactive ketones (excluding diaryl/α,β-unsaturated/α-hetero) is 1. The van der Waals surface area contributed by atoms with Crippen LogP contribution in [-0.2, 0) is 23.8 Å². The van der Waals surface area contributed by atoms with Gasteiger partial charge >= 0.3 is 5.97 Å². The van der Waals surface area contributed by atoms with Gasteiger partial charge in [-0.15, -0.1) is 0 Å². The van der Waals surface area contributed by atoms with Crippen LogP contribution in [-0.4, -0.2) is 105 Å². The van der Waals surface area contributed by atoms with E-state index in [1.807, 2.05) is 13.8 Å². The Morgan fingerprint density at radius 3 is 2.39 bits per heavy atom. The summed E-state index contributed by atoms with van der Waals surface area (Å²) < 4.78 is 17.6. The second-order valence-electron chi connectivity index (χ2n) is 15.6. The second kappa shape index (κ2) is 12.3. The highest BCUT2D eigenvalue weighted by Gasteiger charge is 2.64. The van der Waals surface area contributed by atoms with Gasteiger partial charge in [-0.3, -0.25) is 4.79 Å². The van der Waals surface area contributed by atoms with Crippen molar-refractivity contribution in [2.75, 3.05) is 19.8 Å². The number of ether oxygens (including phenoxy) is 3. The molecule has 11 heteroatoms. The van der Waals surface area contributed by atoms with E-state index in [1.165, 1.54) is 0 Å². The molecule has 0 bridgehead atoms. The van der Waals surface area contributed by atoms with Crippen LogP contribution in [0.1, 0.15) is 79.1 Å². The molecule has 0 aromatic heterocycles. The van der Waals surface area contributed by atoms with E-state index in [2.05, 4.69) is 19.9 Å². The number of ketones is 1. The summed E-state index contributed by atoms with van der Waals surface area (Å²) >= 11 is 0. The fourth-order valence-electron chi connectivity index (χ4n) is 10.9. The van der Waals surface area contributed by atoms with E-state index < -0.39 is 60.4 Å². The van der Waals surface area contributed by atoms with Gasteiger partial charge in [0.15, 0.2) is 6.29 Å². The van der Waals surface area contributed by atoms with Gasteiger partial charge in [-0.05, 0) is 87.4 Å². The summed E-state index contributed by atoms with van der Waals surface area (Å²) in [5, 5.41) is 61.1. The first-order valence-electron chi connectivity index (χ1n) is 17.1. The maximum atomic E-state index is 14.1. The third-order valence-electron chi connectivity index (χ3n) is 13.6. The number of rotatable bonds is 7. The van der Waals surface area contributed by atoms with Crippen molar-refractivity contribution in [2.24, 2.45) is 40.4 Å². The van der Waals surface area contributed by atoms with Crippen LogP contribution in [0.2, 0.25) is 0 Å². The lowest BCUT2D eigenvalue weighted by Gasteiger charge is -2.58. The lowest BCUT2D eigenvalue weighted by Crippen LogP contribution is -2.61. The lowest BCUT2D eigenvalue weighted by molar-refractivity contribution is -0.312. The number of allylic oxidation sites excluding steroid dienone is 1. The molecule has 2 aliphatic heterocycles. The zero-order chi connectivity index (χ0) is 33.3. The summed E-state index contributed by atoms with van der Waals surface area (Å²) in [5.74, 6) is 0.456. The largest absolute Gasteiger partial charge is 0.455 e. The van der Waals surface area contributed by atoms with Gasteiger partial charge in [-0.1, -0.05) is 31.1 Å². The molecule has 46 heavy (non-hydrogen) atoms. The van der Waals surface area contributed by atoms with E-state index in [4.69, 9.17) is 14.2 Å². The fourth-order valence-corrected chi connectivity index (χ4v) is 10.9. The highest BCUT2D eigenvalue weighted by molar-refractivity contribution is 5.91. The Morgan fingerprint density at radius 1 is 1.00 bits per heavy atom. The quantitative estimate of drug-likeness (QED) is 0.174. The molecule has 0 spiro atoms. The average molecular weight is 649 g/mol. The number of aliphatic hydroxyl groups excluding tert-OH is 6. The van der Waals surface area contributed by atoms with Gasteiger partial charge in [0.2, 0.25) is 0 Å². The highest BCUT2D eigenvalue weighted by atomic mass is 16.7. The van der Waals surface area contributed by atoms with Crippen molar-refractivity contribution in [3.8, 4) is 0 Å². The molecule has 0 amide bonds. The number of hydrogen-bond donors (Lipinski definition) is 6. The monoisotopic (exact) mass is 648 g/mol. The number of hydrogen-bond acceptors (Lipinski definition) is 11. The summed E-state index contributed by atoms with van der Waals surface area (Å²) in [7, 11) is 0. The number of aliphatic hydroxyl groups is 6. The maximum absolute atomic E-state index is 14.1. The zero-order valence-electron chi connectivity index (χ0n) is 27.4. The smallest absolute Gasteiger partial charge is 0.336 e. The Kier molecular flexibility index (Phi) is 9.15. The molecule has 0 radical (unpaired) electrons. The van der Waals surface area contributed by atoms with Gasteiger partial charge in [-0.2, -0.15) is 0 Å². The number of carbonyl (C=O) groups is 2. The zero-order valence-corrected chi connectivity index (χ0v) is 27.4. The molecule has 6 N–H and O–H groups in total. The molecule has 1 saturated heterocycles. The highest BCUT2D eigenvalue weighted by Crippen LogP contribution is 2.67. The van der Waals surface area contributed by atoms with Crippen LogP contribution in [0, 0.1) is 40.4 Å². The summed E-state index contributed by atoms with van der Waals surface area (Å²) in [6.45, 7) is 7.34. The standard InChI is InChI=1S/C35H52O11/c1-17-13-34(4,46-31(43)22(17)14-36)18(2)23-7-8-24-21-6-5-19-11-20(44-32-30(42)29(41)28(40)26(15-37)45-32)12-27(39)35(19,16-38)25(21)9-10-33(23,24)3/h5,18,20-21,23-26,28-30,32,36-38,40-42H,6-16H2,1-4H3/t18-,20+,21-,23+,24-,25-,26?,28?,29?,30?,32?,33+,34+,35-/m0/s1. The van der Waals surface area contributed by atoms with E-state index in [-0.39, 0.29) is 48.6 Å². The van der Waals surface area contributed by atoms with Crippen LogP contribution in [0.15, 0.2) is 22.8 Å². The number of esters is 1. The van der Waals surface area contributed by atoms with Crippen LogP contribution in [0.3, 0.4) is 0 Å². The molecular formula is C35H52O11. The summed E-state index contributed by atoms with van der Waals surface area (Å²) in [5.41, 5.74) is 0.433. The maximum Gasteiger partial charge on any atom is 0.336 e. The van der Waals surface area contributed by atoms with E-state index in [0.29, 0.717) is 30.3 Å². The SMILES string of the molecule is CC1=C(CO)C(=O)O[C@@](C)([C@@H](C)[C@H]2CC[C@H]3[C@@H]4CC=C5C[C@@H](OC6OC(CO)C(O)C(O)C6O)CC(=O)[C@]5(CO)[C@H]4CC[C@]23C)C1. The molecule has 0 aromatic rings. The minimum atomic E-state index is -1.57. The molecule has 3 saturated carbocycles. The Labute approximate surface area is 270 Å². The van der Waals surface area contributed by atoms with Crippen molar-refractivity contribution in [2.45, 2.75) is 121 Å². The van der Waals surface area contributed by atoms with Crippen LogP contribution >= 0.6 is 0 Å². The summed E-state index contributed by atoms with van der Waals surface area (Å²) in [4.78, 5) is 26.9. The molecule has 4 aliphatic carbocycles. The van der Waals surface area contributed by atoms with Gasteiger partial charge in [0.05, 0.1) is 36.9 Å². The molecule has 0 aromatic carbocycles. The number of fused-ring (bicyclic) bond motifs is 5. The van der Waals surface area contributed by atoms with Crippen molar-refractivity contribution in [3.63, 3.8) is 0 Å². The van der Waals surface area contributed by atoms with Crippen molar-refractivity contribution in [1.82, 2.24) is 0 Å². The number of cyclic esters (lactones) is 1. The molecule has 6 aliphatic rings. The Bertz CT molecular complexity index is 1280. The molecular weight excluding hydrogens is 596 g/mol. The first kappa shape index (κ1) is 34.2. The molecule has 2 heterocycles. The topological polar surface area (TPSA) is 183 Å². The lowest BCUT2D eigenvalue weighted by atomic mass is 9.46. The van der Waals surface area contributed by atoms with Crippen LogP contribution < -0.4 is 0 Å². The molecule has 11 nitrogen and oxygen atoms in total. The predicted octanol–water partition coefficient (Wildman–Crippen LogP) is 1.55. The van der Waals surface area contributed by atoms with E-state index in [0.717, 1.165) is 43.3 Å². The Hall–Kier alpha value is -1.70. The van der Waals surface area contributed by atoms with Gasteiger partial charge in [0.1, 0.15) is 35.8 Å². The molecule has 4 fully saturated rings. The third-order valence-corrected chi connectivity index (χ3v) is 13.6. The first-order chi connectivity index (χ1) is 21.7. The van der Waals surface area contributed by atoms with Gasteiger partial charge < -0.3 is 44.8 Å². The van der Waals surface area contributed by atoms with Gasteiger partial charge in [0, 0.05) is 12.8 Å². The van der Waals surface area contributed by atoms with Crippen molar-refractivity contribution < 1.29 is 54.4 Å². The van der Waals surface area contributed by atoms with Crippen LogP contribution in [0.4, 0.5) is 0 Å². The van der Waals surface area contributed by atoms with E-state index in [1.54, 1.807) is 0 Å². The third kappa shape index (κ3) is 5.07. The van der Waals surface area contributed by atoms with Crippen LogP contribution in [0.5, 0.6) is 0 Å². The minimum Gasteiger partial charge on any atom is -0.455 e. The summed E-state index contributed by atoms with van der Waals surface area (Å²) in [6, 6.07) is 0. The summed E-state index contributed by atoms with van der Waals surface area (Å²) in [6.07, 6.45) is -0.0740. The fraction of sp³-hybridized carbons (Fsp3) is 0.829. The molecule has 14 atom stereocenters. The Balaban J connectivity index is 1.20. The van der Waals surface area contributed by atoms with Crippen molar-refractivity contribution in [1.29, 1.82) is 0 Å². The molecule has 5 unspecified atom stereocenters. The van der Waals surface area contributed by atoms with E-state index in [9.17, 15) is 40.2 Å². The van der Waals surface area contributed by atoms with Gasteiger partial charge in [0.25, 0.3) is 0 Å².